The molecule has 1 N–H and O–H groups in total. The van der Waals surface area contributed by atoms with Crippen LogP contribution >= 0.6 is 11.8 Å². The summed E-state index contributed by atoms with van der Waals surface area (Å²) in [6, 6.07) is 16.2. The standard InChI is InChI=1S/C23H25N5O3S2/c24-12-7-15-28-21-11-3-2-10-20(21)26-23(28)32-17-22(29)25-18-8-6-9-19(16-18)33(30,31)27-13-4-1-5-14-27/h2-3,6,8-11,16H,1,4-5,7,13-15,17H2,(H,25,29). The van der Waals surface area contributed by atoms with E-state index in [1.807, 2.05) is 28.8 Å². The van der Waals surface area contributed by atoms with Crippen molar-refractivity contribution in [3.8, 4) is 6.07 Å². The van der Waals surface area contributed by atoms with Crippen LogP contribution in [0.3, 0.4) is 0 Å². The highest BCUT2D eigenvalue weighted by atomic mass is 32.2. The zero-order chi connectivity index (χ0) is 23.3. The molecule has 1 aliphatic heterocycles. The number of sulfonamides is 1. The Kier molecular flexibility index (Phi) is 7.33. The van der Waals surface area contributed by atoms with E-state index in [0.29, 0.717) is 36.9 Å². The molecule has 1 aliphatic rings. The van der Waals surface area contributed by atoms with Crippen molar-refractivity contribution in [1.29, 1.82) is 5.26 Å². The van der Waals surface area contributed by atoms with Gasteiger partial charge in [0.2, 0.25) is 15.9 Å². The molecule has 0 atom stereocenters. The van der Waals surface area contributed by atoms with Gasteiger partial charge in [-0.15, -0.1) is 0 Å². The Bertz CT molecular complexity index is 1290. The van der Waals surface area contributed by atoms with Crippen LogP contribution in [0.4, 0.5) is 5.69 Å². The Morgan fingerprint density at radius 3 is 2.70 bits per heavy atom. The number of anilines is 1. The van der Waals surface area contributed by atoms with Gasteiger partial charge in [-0.1, -0.05) is 36.4 Å². The summed E-state index contributed by atoms with van der Waals surface area (Å²) in [6.45, 7) is 1.56. The third-order valence-corrected chi connectivity index (χ3v) is 8.34. The smallest absolute Gasteiger partial charge is 0.243 e. The second-order valence-electron chi connectivity index (χ2n) is 7.77. The molecule has 0 bridgehead atoms. The van der Waals surface area contributed by atoms with E-state index in [-0.39, 0.29) is 16.6 Å². The summed E-state index contributed by atoms with van der Waals surface area (Å²) >= 11 is 1.29. The van der Waals surface area contributed by atoms with Gasteiger partial charge in [-0.05, 0) is 43.2 Å². The Morgan fingerprint density at radius 1 is 1.12 bits per heavy atom. The first-order valence-electron chi connectivity index (χ1n) is 10.8. The maximum atomic E-state index is 12.9. The number of carbonyl (C=O) groups excluding carboxylic acids is 1. The number of nitrogens with one attached hydrogen (secondary N) is 1. The van der Waals surface area contributed by atoms with Crippen molar-refractivity contribution >= 4 is 44.4 Å². The molecular formula is C23H25N5O3S2. The van der Waals surface area contributed by atoms with Gasteiger partial charge in [0.1, 0.15) is 0 Å². The van der Waals surface area contributed by atoms with Crippen molar-refractivity contribution in [1.82, 2.24) is 13.9 Å². The number of carbonyl (C=O) groups is 1. The van der Waals surface area contributed by atoms with Gasteiger partial charge in [0.15, 0.2) is 5.16 Å². The van der Waals surface area contributed by atoms with Gasteiger partial charge in [-0.2, -0.15) is 9.57 Å². The summed E-state index contributed by atoms with van der Waals surface area (Å²) in [4.78, 5) is 17.4. The molecular weight excluding hydrogens is 458 g/mol. The number of hydrogen-bond donors (Lipinski definition) is 1. The summed E-state index contributed by atoms with van der Waals surface area (Å²) in [5, 5.41) is 12.4. The minimum absolute atomic E-state index is 0.110. The van der Waals surface area contributed by atoms with Gasteiger partial charge < -0.3 is 9.88 Å². The van der Waals surface area contributed by atoms with Crippen molar-refractivity contribution in [3.05, 3.63) is 48.5 Å². The van der Waals surface area contributed by atoms with E-state index in [1.54, 1.807) is 18.2 Å². The number of hydrogen-bond acceptors (Lipinski definition) is 6. The van der Waals surface area contributed by atoms with Gasteiger partial charge in [0.05, 0.1) is 34.2 Å². The molecule has 0 aliphatic carbocycles. The number of amides is 1. The molecule has 1 saturated heterocycles. The van der Waals surface area contributed by atoms with Crippen molar-refractivity contribution in [2.24, 2.45) is 0 Å². The van der Waals surface area contributed by atoms with E-state index in [2.05, 4.69) is 16.4 Å². The molecule has 0 unspecified atom stereocenters. The van der Waals surface area contributed by atoms with Crippen molar-refractivity contribution in [2.45, 2.75) is 42.3 Å². The molecule has 10 heteroatoms. The van der Waals surface area contributed by atoms with Crippen LogP contribution in [0.5, 0.6) is 0 Å². The summed E-state index contributed by atoms with van der Waals surface area (Å²) in [7, 11) is -3.57. The highest BCUT2D eigenvalue weighted by Crippen LogP contribution is 2.26. The van der Waals surface area contributed by atoms with Crippen LogP contribution in [0.2, 0.25) is 0 Å². The fraction of sp³-hybridized carbons (Fsp3) is 0.348. The molecule has 1 fully saturated rings. The molecule has 4 rings (SSSR count). The number of imidazole rings is 1. The van der Waals surface area contributed by atoms with Gasteiger partial charge in [-0.25, -0.2) is 13.4 Å². The van der Waals surface area contributed by atoms with Crippen molar-refractivity contribution in [3.63, 3.8) is 0 Å². The number of fused-ring (bicyclic) bond motifs is 1. The van der Waals surface area contributed by atoms with Gasteiger partial charge in [0.25, 0.3) is 0 Å². The lowest BCUT2D eigenvalue weighted by Crippen LogP contribution is -2.35. The first-order chi connectivity index (χ1) is 16.0. The van der Waals surface area contributed by atoms with Crippen LogP contribution in [-0.2, 0) is 21.4 Å². The van der Waals surface area contributed by atoms with E-state index in [1.165, 1.54) is 22.1 Å². The molecule has 0 radical (unpaired) electrons. The molecule has 1 amide bonds. The van der Waals surface area contributed by atoms with E-state index in [9.17, 15) is 13.2 Å². The summed E-state index contributed by atoms with van der Waals surface area (Å²) in [5.41, 5.74) is 2.18. The number of rotatable bonds is 8. The number of benzene rings is 2. The average Bonchev–Trinajstić information content (AvgIpc) is 3.19. The maximum Gasteiger partial charge on any atom is 0.243 e. The van der Waals surface area contributed by atoms with Crippen LogP contribution in [0.15, 0.2) is 58.6 Å². The lowest BCUT2D eigenvalue weighted by atomic mass is 10.2. The fourth-order valence-corrected chi connectivity index (χ4v) is 6.26. The second kappa shape index (κ2) is 10.4. The minimum Gasteiger partial charge on any atom is -0.325 e. The van der Waals surface area contributed by atoms with E-state index in [0.717, 1.165) is 30.3 Å². The molecule has 1 aromatic heterocycles. The van der Waals surface area contributed by atoms with Crippen molar-refractivity contribution < 1.29 is 13.2 Å². The molecule has 0 saturated carbocycles. The molecule has 8 nitrogen and oxygen atoms in total. The van der Waals surface area contributed by atoms with Crippen LogP contribution in [0.25, 0.3) is 11.0 Å². The van der Waals surface area contributed by atoms with Gasteiger partial charge >= 0.3 is 0 Å². The zero-order valence-corrected chi connectivity index (χ0v) is 19.7. The number of aromatic nitrogens is 2. The normalized spacial score (nSPS) is 14.8. The Balaban J connectivity index is 1.44. The fourth-order valence-electron chi connectivity index (χ4n) is 3.86. The molecule has 172 valence electrons. The zero-order valence-electron chi connectivity index (χ0n) is 18.1. The number of thioether (sulfide) groups is 1. The third-order valence-electron chi connectivity index (χ3n) is 5.47. The van der Waals surface area contributed by atoms with E-state index < -0.39 is 10.0 Å². The largest absolute Gasteiger partial charge is 0.325 e. The van der Waals surface area contributed by atoms with Crippen molar-refractivity contribution in [2.75, 3.05) is 24.2 Å². The van der Waals surface area contributed by atoms with Crippen LogP contribution in [-0.4, -0.2) is 47.0 Å². The molecule has 2 aromatic carbocycles. The van der Waals surface area contributed by atoms with Gasteiger partial charge in [-0.3, -0.25) is 4.79 Å². The topological polar surface area (TPSA) is 108 Å². The summed E-state index contributed by atoms with van der Waals surface area (Å²) in [5.74, 6) is -0.148. The number of nitriles is 1. The lowest BCUT2D eigenvalue weighted by Gasteiger charge is -2.26. The summed E-state index contributed by atoms with van der Waals surface area (Å²) < 4.78 is 29.3. The highest BCUT2D eigenvalue weighted by Gasteiger charge is 2.26. The molecule has 2 heterocycles. The Hall–Kier alpha value is -2.87. The SMILES string of the molecule is N#CCCn1c(SCC(=O)Nc2cccc(S(=O)(=O)N3CCCCC3)c2)nc2ccccc21. The maximum absolute atomic E-state index is 12.9. The van der Waals surface area contributed by atoms with Crippen LogP contribution in [0, 0.1) is 11.3 Å². The first-order valence-corrected chi connectivity index (χ1v) is 13.3. The third kappa shape index (κ3) is 5.38. The number of para-hydroxylation sites is 2. The summed E-state index contributed by atoms with van der Waals surface area (Å²) in [6.07, 6.45) is 3.13. The number of aryl methyl sites for hydroxylation is 1. The molecule has 0 spiro atoms. The highest BCUT2D eigenvalue weighted by molar-refractivity contribution is 7.99. The number of nitrogens with zero attached hydrogens (tertiary/aromatic N) is 4. The van der Waals surface area contributed by atoms with E-state index >= 15 is 0 Å². The predicted molar refractivity (Wildman–Crippen MR) is 128 cm³/mol. The average molecular weight is 484 g/mol. The Labute approximate surface area is 197 Å². The monoisotopic (exact) mass is 483 g/mol. The van der Waals surface area contributed by atoms with Crippen LogP contribution in [0.1, 0.15) is 25.7 Å². The van der Waals surface area contributed by atoms with Crippen LogP contribution < -0.4 is 5.32 Å². The van der Waals surface area contributed by atoms with E-state index in [4.69, 9.17) is 5.26 Å². The molecule has 33 heavy (non-hydrogen) atoms. The predicted octanol–water partition coefficient (Wildman–Crippen LogP) is 3.86. The lowest BCUT2D eigenvalue weighted by molar-refractivity contribution is -0.113. The Morgan fingerprint density at radius 2 is 1.91 bits per heavy atom. The van der Waals surface area contributed by atoms with Gasteiger partial charge in [0, 0.05) is 25.3 Å². The molecule has 3 aromatic rings. The first kappa shape index (κ1) is 23.3. The quantitative estimate of drug-likeness (QED) is 0.488. The number of piperidine rings is 1. The minimum atomic E-state index is -3.57. The second-order valence-corrected chi connectivity index (χ2v) is 10.7.